The van der Waals surface area contributed by atoms with E-state index in [-0.39, 0.29) is 23.6 Å². The molecular weight excluding hydrogens is 412 g/mol. The first-order chi connectivity index (χ1) is 15.5. The summed E-state index contributed by atoms with van der Waals surface area (Å²) in [7, 11) is 3.17. The minimum absolute atomic E-state index is 0.0618. The van der Waals surface area contributed by atoms with Gasteiger partial charge in [-0.1, -0.05) is 25.5 Å². The SMILES string of the molecule is CCCc1cc2c(c(=O)n1CCOC)C(c1ccc(OC)cc1)C(C(=O)OCC)=C(N)O2. The maximum absolute atomic E-state index is 13.7. The summed E-state index contributed by atoms with van der Waals surface area (Å²) in [4.78, 5) is 26.6. The Kier molecular flexibility index (Phi) is 7.58. The van der Waals surface area contributed by atoms with E-state index >= 15 is 0 Å². The van der Waals surface area contributed by atoms with Gasteiger partial charge in [0, 0.05) is 25.4 Å². The number of hydrogen-bond donors (Lipinski definition) is 1. The number of pyridine rings is 1. The molecule has 0 bridgehead atoms. The molecule has 8 nitrogen and oxygen atoms in total. The van der Waals surface area contributed by atoms with Crippen molar-refractivity contribution in [2.45, 2.75) is 39.2 Å². The molecule has 0 radical (unpaired) electrons. The van der Waals surface area contributed by atoms with Crippen LogP contribution in [-0.2, 0) is 27.2 Å². The van der Waals surface area contributed by atoms with Gasteiger partial charge in [0.25, 0.3) is 5.56 Å². The van der Waals surface area contributed by atoms with Crippen LogP contribution in [0.1, 0.15) is 43.0 Å². The third kappa shape index (κ3) is 4.50. The van der Waals surface area contributed by atoms with Gasteiger partial charge >= 0.3 is 5.97 Å². The molecule has 1 unspecified atom stereocenters. The van der Waals surface area contributed by atoms with Crippen molar-refractivity contribution in [1.29, 1.82) is 0 Å². The number of aromatic nitrogens is 1. The Balaban J connectivity index is 2.27. The number of carbonyl (C=O) groups is 1. The van der Waals surface area contributed by atoms with Crippen LogP contribution in [0.2, 0.25) is 0 Å². The number of methoxy groups -OCH3 is 2. The third-order valence-corrected chi connectivity index (χ3v) is 5.42. The van der Waals surface area contributed by atoms with E-state index in [9.17, 15) is 9.59 Å². The van der Waals surface area contributed by atoms with Gasteiger partial charge in [-0.05, 0) is 31.0 Å². The summed E-state index contributed by atoms with van der Waals surface area (Å²) in [6.45, 7) is 4.70. The van der Waals surface area contributed by atoms with E-state index in [4.69, 9.17) is 24.7 Å². The van der Waals surface area contributed by atoms with Crippen LogP contribution in [0.3, 0.4) is 0 Å². The molecule has 1 aromatic carbocycles. The van der Waals surface area contributed by atoms with Gasteiger partial charge in [-0.2, -0.15) is 0 Å². The highest BCUT2D eigenvalue weighted by molar-refractivity contribution is 5.92. The Morgan fingerprint density at radius 2 is 1.91 bits per heavy atom. The van der Waals surface area contributed by atoms with E-state index in [2.05, 4.69) is 0 Å². The van der Waals surface area contributed by atoms with Gasteiger partial charge in [0.1, 0.15) is 17.1 Å². The van der Waals surface area contributed by atoms with Crippen LogP contribution < -0.4 is 20.8 Å². The van der Waals surface area contributed by atoms with E-state index in [1.54, 1.807) is 37.8 Å². The Morgan fingerprint density at radius 3 is 2.50 bits per heavy atom. The molecule has 3 rings (SSSR count). The molecule has 2 aromatic rings. The zero-order chi connectivity index (χ0) is 23.3. The van der Waals surface area contributed by atoms with Gasteiger partial charge in [-0.15, -0.1) is 0 Å². The Bertz CT molecular complexity index is 1060. The smallest absolute Gasteiger partial charge is 0.340 e. The number of hydrogen-bond acceptors (Lipinski definition) is 7. The Hall–Kier alpha value is -3.26. The molecule has 1 aromatic heterocycles. The van der Waals surface area contributed by atoms with Gasteiger partial charge in [0.15, 0.2) is 0 Å². The number of nitrogens with zero attached hydrogens (tertiary/aromatic N) is 1. The van der Waals surface area contributed by atoms with Crippen molar-refractivity contribution >= 4 is 5.97 Å². The van der Waals surface area contributed by atoms with Crippen LogP contribution >= 0.6 is 0 Å². The highest BCUT2D eigenvalue weighted by Crippen LogP contribution is 2.41. The summed E-state index contributed by atoms with van der Waals surface area (Å²) >= 11 is 0. The zero-order valence-electron chi connectivity index (χ0n) is 19.0. The fourth-order valence-corrected chi connectivity index (χ4v) is 3.95. The van der Waals surface area contributed by atoms with Gasteiger partial charge in [0.05, 0.1) is 31.8 Å². The molecule has 2 N–H and O–H groups in total. The topological polar surface area (TPSA) is 102 Å². The van der Waals surface area contributed by atoms with Gasteiger partial charge in [-0.3, -0.25) is 4.79 Å². The quantitative estimate of drug-likeness (QED) is 0.596. The molecule has 1 aliphatic rings. The van der Waals surface area contributed by atoms with Gasteiger partial charge < -0.3 is 29.2 Å². The lowest BCUT2D eigenvalue weighted by molar-refractivity contribution is -0.139. The minimum atomic E-state index is -0.735. The highest BCUT2D eigenvalue weighted by atomic mass is 16.5. The molecule has 0 fully saturated rings. The van der Waals surface area contributed by atoms with Crippen LogP contribution in [0.5, 0.6) is 11.5 Å². The van der Waals surface area contributed by atoms with Crippen molar-refractivity contribution in [2.75, 3.05) is 27.4 Å². The average molecular weight is 443 g/mol. The number of benzene rings is 1. The van der Waals surface area contributed by atoms with E-state index in [0.29, 0.717) is 42.2 Å². The molecule has 2 heterocycles. The molecule has 0 saturated heterocycles. The molecule has 0 saturated carbocycles. The molecule has 172 valence electrons. The first kappa shape index (κ1) is 23.4. The number of esters is 1. The van der Waals surface area contributed by atoms with Gasteiger partial charge in [-0.25, -0.2) is 4.79 Å². The number of fused-ring (bicyclic) bond motifs is 1. The summed E-state index contributed by atoms with van der Waals surface area (Å²) in [5.41, 5.74) is 7.97. The van der Waals surface area contributed by atoms with E-state index in [0.717, 1.165) is 12.1 Å². The predicted molar refractivity (Wildman–Crippen MR) is 120 cm³/mol. The molecule has 0 spiro atoms. The lowest BCUT2D eigenvalue weighted by Crippen LogP contribution is -2.36. The number of ether oxygens (including phenoxy) is 4. The van der Waals surface area contributed by atoms with Crippen LogP contribution in [0, 0.1) is 0 Å². The minimum Gasteiger partial charge on any atom is -0.497 e. The Labute approximate surface area is 187 Å². The molecule has 0 amide bonds. The summed E-state index contributed by atoms with van der Waals surface area (Å²) in [5.74, 6) is -0.393. The molecule has 0 aliphatic carbocycles. The van der Waals surface area contributed by atoms with Crippen LogP contribution in [0.15, 0.2) is 46.6 Å². The number of aryl methyl sites for hydroxylation is 1. The fourth-order valence-electron chi connectivity index (χ4n) is 3.95. The molecule has 8 heteroatoms. The van der Waals surface area contributed by atoms with Crippen molar-refractivity contribution in [2.24, 2.45) is 5.73 Å². The van der Waals surface area contributed by atoms with Crippen molar-refractivity contribution < 1.29 is 23.7 Å². The van der Waals surface area contributed by atoms with Crippen LogP contribution in [0.4, 0.5) is 0 Å². The first-order valence-electron chi connectivity index (χ1n) is 10.7. The van der Waals surface area contributed by atoms with Crippen molar-refractivity contribution in [1.82, 2.24) is 4.57 Å². The summed E-state index contributed by atoms with van der Waals surface area (Å²) < 4.78 is 23.2. The summed E-state index contributed by atoms with van der Waals surface area (Å²) in [6, 6.07) is 9.01. The van der Waals surface area contributed by atoms with Crippen molar-refractivity contribution in [3.8, 4) is 11.5 Å². The zero-order valence-corrected chi connectivity index (χ0v) is 19.0. The Morgan fingerprint density at radius 1 is 1.19 bits per heavy atom. The third-order valence-electron chi connectivity index (χ3n) is 5.42. The second-order valence-electron chi connectivity index (χ2n) is 7.42. The van der Waals surface area contributed by atoms with Crippen LogP contribution in [0.25, 0.3) is 0 Å². The second kappa shape index (κ2) is 10.4. The number of nitrogens with two attached hydrogens (primary N) is 1. The highest BCUT2D eigenvalue weighted by Gasteiger charge is 2.38. The molecule has 32 heavy (non-hydrogen) atoms. The lowest BCUT2D eigenvalue weighted by Gasteiger charge is -2.29. The van der Waals surface area contributed by atoms with E-state index < -0.39 is 11.9 Å². The lowest BCUT2D eigenvalue weighted by atomic mass is 9.83. The van der Waals surface area contributed by atoms with Crippen LogP contribution in [-0.4, -0.2) is 38.0 Å². The fraction of sp³-hybridized carbons (Fsp3) is 0.417. The average Bonchev–Trinajstić information content (AvgIpc) is 2.78. The predicted octanol–water partition coefficient (Wildman–Crippen LogP) is 2.71. The van der Waals surface area contributed by atoms with E-state index in [1.165, 1.54) is 0 Å². The number of carbonyl (C=O) groups excluding carboxylic acids is 1. The molecule has 1 atom stereocenters. The monoisotopic (exact) mass is 442 g/mol. The van der Waals surface area contributed by atoms with Crippen molar-refractivity contribution in [3.05, 3.63) is 69.0 Å². The number of rotatable bonds is 9. The molecule has 1 aliphatic heterocycles. The van der Waals surface area contributed by atoms with Crippen molar-refractivity contribution in [3.63, 3.8) is 0 Å². The second-order valence-corrected chi connectivity index (χ2v) is 7.42. The molecular formula is C24H30N2O6. The van der Waals surface area contributed by atoms with Gasteiger partial charge in [0.2, 0.25) is 5.88 Å². The first-order valence-corrected chi connectivity index (χ1v) is 10.7. The summed E-state index contributed by atoms with van der Waals surface area (Å²) in [6.07, 6.45) is 1.55. The normalized spacial score (nSPS) is 15.2. The van der Waals surface area contributed by atoms with E-state index in [1.807, 2.05) is 25.1 Å². The maximum atomic E-state index is 13.7. The largest absolute Gasteiger partial charge is 0.497 e. The standard InChI is InChI=1S/C24H30N2O6/c1-5-7-16-14-18-20(23(27)26(16)12-13-29-3)19(15-8-10-17(30-4)11-9-15)21(22(25)32-18)24(28)31-6-2/h8-11,14,19H,5-7,12-13,25H2,1-4H3. The maximum Gasteiger partial charge on any atom is 0.340 e. The summed E-state index contributed by atoms with van der Waals surface area (Å²) in [5, 5.41) is 0.